The van der Waals surface area contributed by atoms with Crippen molar-refractivity contribution in [3.05, 3.63) is 11.6 Å². The third-order valence-corrected chi connectivity index (χ3v) is 3.77. The van der Waals surface area contributed by atoms with Crippen molar-refractivity contribution in [2.24, 2.45) is 5.41 Å². The van der Waals surface area contributed by atoms with Gasteiger partial charge >= 0.3 is 0 Å². The van der Waals surface area contributed by atoms with Gasteiger partial charge in [-0.05, 0) is 38.5 Å². The van der Waals surface area contributed by atoms with Crippen molar-refractivity contribution in [2.75, 3.05) is 26.8 Å². The van der Waals surface area contributed by atoms with E-state index in [9.17, 15) is 0 Å². The molecule has 0 aromatic heterocycles. The Morgan fingerprint density at radius 1 is 1.40 bits per heavy atom. The lowest BCUT2D eigenvalue weighted by Crippen LogP contribution is -2.28. The number of methoxy groups -OCH3 is 1. The van der Waals surface area contributed by atoms with Gasteiger partial charge < -0.3 is 10.1 Å². The first kappa shape index (κ1) is 11.2. The van der Waals surface area contributed by atoms with E-state index >= 15 is 0 Å². The van der Waals surface area contributed by atoms with Gasteiger partial charge in [0, 0.05) is 25.6 Å². The molecule has 2 aliphatic rings. The second kappa shape index (κ2) is 5.13. The number of hydrogen-bond acceptors (Lipinski definition) is 2. The predicted molar refractivity (Wildman–Crippen MR) is 63.0 cm³/mol. The number of nitrogens with one attached hydrogen (secondary N) is 1. The molecule has 86 valence electrons. The lowest BCUT2D eigenvalue weighted by molar-refractivity contribution is 0.198. The number of hydrogen-bond donors (Lipinski definition) is 1. The van der Waals surface area contributed by atoms with Crippen LogP contribution in [0.25, 0.3) is 0 Å². The van der Waals surface area contributed by atoms with Crippen LogP contribution in [0.1, 0.15) is 38.5 Å². The van der Waals surface area contributed by atoms with Gasteiger partial charge in [0.25, 0.3) is 0 Å². The summed E-state index contributed by atoms with van der Waals surface area (Å²) in [6.45, 7) is 2.99. The average Bonchev–Trinajstić information content (AvgIpc) is 3.07. The van der Waals surface area contributed by atoms with Crippen LogP contribution >= 0.6 is 0 Å². The molecule has 2 nitrogen and oxygen atoms in total. The van der Waals surface area contributed by atoms with Gasteiger partial charge in [0.05, 0.1) is 6.61 Å². The molecule has 0 aromatic carbocycles. The maximum atomic E-state index is 5.05. The van der Waals surface area contributed by atoms with Crippen LogP contribution in [0, 0.1) is 5.41 Å². The van der Waals surface area contributed by atoms with Gasteiger partial charge in [-0.3, -0.25) is 0 Å². The minimum atomic E-state index is 0.564. The highest BCUT2D eigenvalue weighted by Gasteiger charge is 2.44. The van der Waals surface area contributed by atoms with E-state index < -0.39 is 0 Å². The van der Waals surface area contributed by atoms with E-state index in [0.29, 0.717) is 5.41 Å². The topological polar surface area (TPSA) is 21.3 Å². The van der Waals surface area contributed by atoms with E-state index in [0.717, 1.165) is 13.2 Å². The highest BCUT2D eigenvalue weighted by Crippen LogP contribution is 2.53. The monoisotopic (exact) mass is 209 g/mol. The van der Waals surface area contributed by atoms with Crippen LogP contribution in [-0.4, -0.2) is 26.8 Å². The standard InChI is InChI=1S/C13H23NO/c1-15-10-9-14-11-13(7-8-13)12-5-3-2-4-6-12/h5,14H,2-4,6-11H2,1H3. The molecular formula is C13H23NO. The molecule has 0 saturated heterocycles. The van der Waals surface area contributed by atoms with E-state index in [2.05, 4.69) is 11.4 Å². The predicted octanol–water partition coefficient (Wildman–Crippen LogP) is 2.50. The number of allylic oxidation sites excluding steroid dienone is 1. The highest BCUT2D eigenvalue weighted by atomic mass is 16.5. The first-order valence-corrected chi connectivity index (χ1v) is 6.27. The summed E-state index contributed by atoms with van der Waals surface area (Å²) in [5, 5.41) is 3.52. The third kappa shape index (κ3) is 2.82. The van der Waals surface area contributed by atoms with Gasteiger partial charge in [-0.15, -0.1) is 0 Å². The molecule has 2 heteroatoms. The van der Waals surface area contributed by atoms with Crippen molar-refractivity contribution in [2.45, 2.75) is 38.5 Å². The fourth-order valence-corrected chi connectivity index (χ4v) is 2.58. The van der Waals surface area contributed by atoms with Gasteiger partial charge in [-0.25, -0.2) is 0 Å². The Hall–Kier alpha value is -0.340. The summed E-state index contributed by atoms with van der Waals surface area (Å²) in [6, 6.07) is 0. The third-order valence-electron chi connectivity index (χ3n) is 3.77. The molecule has 0 bridgehead atoms. The molecule has 0 amide bonds. The van der Waals surface area contributed by atoms with Crippen LogP contribution in [-0.2, 0) is 4.74 Å². The van der Waals surface area contributed by atoms with Gasteiger partial charge in [-0.2, -0.15) is 0 Å². The molecule has 0 spiro atoms. The van der Waals surface area contributed by atoms with Crippen LogP contribution in [0.15, 0.2) is 11.6 Å². The molecule has 2 aliphatic carbocycles. The maximum Gasteiger partial charge on any atom is 0.0587 e. The van der Waals surface area contributed by atoms with Crippen LogP contribution < -0.4 is 5.32 Å². The van der Waals surface area contributed by atoms with Gasteiger partial charge in [-0.1, -0.05) is 11.6 Å². The normalized spacial score (nSPS) is 23.7. The molecule has 0 aliphatic heterocycles. The van der Waals surface area contributed by atoms with E-state index in [1.165, 1.54) is 45.1 Å². The van der Waals surface area contributed by atoms with Gasteiger partial charge in [0.2, 0.25) is 0 Å². The zero-order valence-corrected chi connectivity index (χ0v) is 9.85. The van der Waals surface area contributed by atoms with Crippen molar-refractivity contribution >= 4 is 0 Å². The lowest BCUT2D eigenvalue weighted by atomic mass is 9.86. The van der Waals surface area contributed by atoms with Crippen LogP contribution in [0.4, 0.5) is 0 Å². The van der Waals surface area contributed by atoms with Crippen LogP contribution in [0.3, 0.4) is 0 Å². The summed E-state index contributed by atoms with van der Waals surface area (Å²) in [7, 11) is 1.76. The highest BCUT2D eigenvalue weighted by molar-refractivity contribution is 5.24. The molecule has 0 heterocycles. The maximum absolute atomic E-state index is 5.05. The first-order valence-electron chi connectivity index (χ1n) is 6.27. The zero-order chi connectivity index (χ0) is 10.6. The molecule has 0 aromatic rings. The van der Waals surface area contributed by atoms with Crippen molar-refractivity contribution in [1.82, 2.24) is 5.32 Å². The Morgan fingerprint density at radius 3 is 2.87 bits per heavy atom. The summed E-state index contributed by atoms with van der Waals surface area (Å²) in [5.41, 5.74) is 2.31. The number of rotatable bonds is 6. The Bertz CT molecular complexity index is 231. The lowest BCUT2D eigenvalue weighted by Gasteiger charge is -2.23. The van der Waals surface area contributed by atoms with E-state index in [4.69, 9.17) is 4.74 Å². The molecule has 0 radical (unpaired) electrons. The molecule has 0 unspecified atom stereocenters. The fraction of sp³-hybridized carbons (Fsp3) is 0.846. The smallest absolute Gasteiger partial charge is 0.0587 e. The van der Waals surface area contributed by atoms with Crippen molar-refractivity contribution in [3.8, 4) is 0 Å². The molecule has 15 heavy (non-hydrogen) atoms. The molecule has 2 rings (SSSR count). The first-order chi connectivity index (χ1) is 7.37. The quantitative estimate of drug-likeness (QED) is 0.536. The average molecular weight is 209 g/mol. The van der Waals surface area contributed by atoms with E-state index in [-0.39, 0.29) is 0 Å². The Morgan fingerprint density at radius 2 is 2.27 bits per heavy atom. The summed E-state index contributed by atoms with van der Waals surface area (Å²) >= 11 is 0. The number of ether oxygens (including phenoxy) is 1. The van der Waals surface area contributed by atoms with Gasteiger partial charge in [0.15, 0.2) is 0 Å². The summed E-state index contributed by atoms with van der Waals surface area (Å²) in [6.07, 6.45) is 10.8. The Kier molecular flexibility index (Phi) is 3.81. The largest absolute Gasteiger partial charge is 0.383 e. The second-order valence-electron chi connectivity index (χ2n) is 4.93. The van der Waals surface area contributed by atoms with Crippen molar-refractivity contribution in [1.29, 1.82) is 0 Å². The van der Waals surface area contributed by atoms with E-state index in [1.54, 1.807) is 12.7 Å². The molecule has 0 atom stereocenters. The minimum Gasteiger partial charge on any atom is -0.383 e. The van der Waals surface area contributed by atoms with E-state index in [1.807, 2.05) is 0 Å². The SMILES string of the molecule is COCCNCC1(C2=CCCCC2)CC1. The summed E-state index contributed by atoms with van der Waals surface area (Å²) < 4.78 is 5.05. The minimum absolute atomic E-state index is 0.564. The zero-order valence-electron chi connectivity index (χ0n) is 9.85. The van der Waals surface area contributed by atoms with Crippen molar-refractivity contribution < 1.29 is 4.74 Å². The van der Waals surface area contributed by atoms with Gasteiger partial charge in [0.1, 0.15) is 0 Å². The van der Waals surface area contributed by atoms with Crippen molar-refractivity contribution in [3.63, 3.8) is 0 Å². The summed E-state index contributed by atoms with van der Waals surface area (Å²) in [5.74, 6) is 0. The Balaban J connectivity index is 1.77. The summed E-state index contributed by atoms with van der Waals surface area (Å²) in [4.78, 5) is 0. The Labute approximate surface area is 93.1 Å². The van der Waals surface area contributed by atoms with Crippen LogP contribution in [0.5, 0.6) is 0 Å². The second-order valence-corrected chi connectivity index (χ2v) is 4.93. The molecule has 1 N–H and O–H groups in total. The molecule has 1 fully saturated rings. The van der Waals surface area contributed by atoms with Crippen LogP contribution in [0.2, 0.25) is 0 Å². The molecular weight excluding hydrogens is 186 g/mol. The molecule has 1 saturated carbocycles. The fourth-order valence-electron chi connectivity index (χ4n) is 2.58.